The molecule has 3 aromatic carbocycles. The fraction of sp³-hybridized carbons (Fsp3) is 0.143. The third-order valence-electron chi connectivity index (χ3n) is 5.72. The normalized spacial score (nSPS) is 11.1. The molecule has 0 aliphatic heterocycles. The van der Waals surface area contributed by atoms with Crippen LogP contribution in [0, 0.1) is 0 Å². The monoisotopic (exact) mass is 435 g/mol. The van der Waals surface area contributed by atoms with E-state index in [9.17, 15) is 4.79 Å². The van der Waals surface area contributed by atoms with Crippen molar-refractivity contribution in [1.82, 2.24) is 9.55 Å². The zero-order valence-electron chi connectivity index (χ0n) is 18.5. The molecule has 0 aliphatic rings. The molecule has 2 heterocycles. The maximum Gasteiger partial charge on any atom is 0.341 e. The number of nitrogens with one attached hydrogen (secondary N) is 1. The molecule has 5 rings (SSSR count). The van der Waals surface area contributed by atoms with E-state index in [1.54, 1.807) is 0 Å². The molecule has 0 bridgehead atoms. The van der Waals surface area contributed by atoms with Gasteiger partial charge in [-0.25, -0.2) is 9.78 Å². The summed E-state index contributed by atoms with van der Waals surface area (Å²) in [6.45, 7) is 3.37. The van der Waals surface area contributed by atoms with Crippen molar-refractivity contribution >= 4 is 33.7 Å². The van der Waals surface area contributed by atoms with Gasteiger partial charge in [-0.05, 0) is 30.2 Å². The van der Waals surface area contributed by atoms with E-state index >= 15 is 0 Å². The van der Waals surface area contributed by atoms with Crippen LogP contribution < -0.4 is 5.32 Å². The molecule has 0 spiro atoms. The van der Waals surface area contributed by atoms with E-state index in [4.69, 9.17) is 9.72 Å². The van der Waals surface area contributed by atoms with Gasteiger partial charge in [-0.2, -0.15) is 0 Å². The molecule has 0 fully saturated rings. The van der Waals surface area contributed by atoms with Crippen molar-refractivity contribution < 1.29 is 9.53 Å². The predicted molar refractivity (Wildman–Crippen MR) is 133 cm³/mol. The molecule has 0 aliphatic carbocycles. The maximum absolute atomic E-state index is 12.8. The van der Waals surface area contributed by atoms with E-state index in [-0.39, 0.29) is 5.97 Å². The first-order valence-corrected chi connectivity index (χ1v) is 11.2. The van der Waals surface area contributed by atoms with Crippen LogP contribution in [0.3, 0.4) is 0 Å². The van der Waals surface area contributed by atoms with E-state index in [1.807, 2.05) is 73.7 Å². The summed E-state index contributed by atoms with van der Waals surface area (Å²) in [6, 6.07) is 30.5. The maximum atomic E-state index is 12.8. The first kappa shape index (κ1) is 20.8. The quantitative estimate of drug-likeness (QED) is 0.317. The first-order valence-electron chi connectivity index (χ1n) is 11.2. The summed E-state index contributed by atoms with van der Waals surface area (Å²) in [5, 5.41) is 5.38. The minimum absolute atomic E-state index is 0.310. The smallest absolute Gasteiger partial charge is 0.341 e. The van der Waals surface area contributed by atoms with Crippen LogP contribution in [-0.4, -0.2) is 22.1 Å². The fourth-order valence-corrected chi connectivity index (χ4v) is 4.17. The summed E-state index contributed by atoms with van der Waals surface area (Å²) in [6.07, 6.45) is 0. The van der Waals surface area contributed by atoms with Crippen LogP contribution in [-0.2, 0) is 17.8 Å². The molecule has 0 unspecified atom stereocenters. The lowest BCUT2D eigenvalue weighted by Gasteiger charge is -2.13. The molecule has 33 heavy (non-hydrogen) atoms. The number of carbonyl (C=O) groups is 1. The number of rotatable bonds is 7. The van der Waals surface area contributed by atoms with Crippen LogP contribution in [0.15, 0.2) is 91.0 Å². The highest BCUT2D eigenvalue weighted by atomic mass is 16.5. The molecule has 0 saturated heterocycles. The number of anilines is 1. The summed E-state index contributed by atoms with van der Waals surface area (Å²) in [5.41, 5.74) is 4.67. The van der Waals surface area contributed by atoms with E-state index < -0.39 is 0 Å². The van der Waals surface area contributed by atoms with Gasteiger partial charge in [0.1, 0.15) is 17.0 Å². The SMILES string of the molecule is CCOC(=O)c1cc2c3ccccc3n(Cc3ccccc3)c2nc1NCc1ccccc1. The number of esters is 1. The van der Waals surface area contributed by atoms with Crippen molar-refractivity contribution in [3.63, 3.8) is 0 Å². The van der Waals surface area contributed by atoms with Crippen molar-refractivity contribution in [3.05, 3.63) is 108 Å². The van der Waals surface area contributed by atoms with Crippen LogP contribution in [0.4, 0.5) is 5.82 Å². The molecule has 164 valence electrons. The average molecular weight is 436 g/mol. The van der Waals surface area contributed by atoms with Crippen molar-refractivity contribution in [2.45, 2.75) is 20.0 Å². The second kappa shape index (κ2) is 9.17. The largest absolute Gasteiger partial charge is 0.462 e. The second-order valence-electron chi connectivity index (χ2n) is 7.90. The number of hydrogen-bond donors (Lipinski definition) is 1. The average Bonchev–Trinajstić information content (AvgIpc) is 3.16. The number of pyridine rings is 1. The molecule has 5 nitrogen and oxygen atoms in total. The number of fused-ring (bicyclic) bond motifs is 3. The van der Waals surface area contributed by atoms with Gasteiger partial charge in [0.15, 0.2) is 0 Å². The van der Waals surface area contributed by atoms with Crippen molar-refractivity contribution in [2.24, 2.45) is 0 Å². The van der Waals surface area contributed by atoms with E-state index in [1.165, 1.54) is 5.56 Å². The van der Waals surface area contributed by atoms with Gasteiger partial charge < -0.3 is 14.6 Å². The zero-order valence-corrected chi connectivity index (χ0v) is 18.5. The lowest BCUT2D eigenvalue weighted by molar-refractivity contribution is 0.0527. The van der Waals surface area contributed by atoms with Crippen LogP contribution in [0.25, 0.3) is 21.9 Å². The third-order valence-corrected chi connectivity index (χ3v) is 5.72. The van der Waals surface area contributed by atoms with Crippen molar-refractivity contribution in [2.75, 3.05) is 11.9 Å². The van der Waals surface area contributed by atoms with Gasteiger partial charge in [0, 0.05) is 23.9 Å². The Morgan fingerprint density at radius 3 is 2.27 bits per heavy atom. The minimum Gasteiger partial charge on any atom is -0.462 e. The Labute approximate surface area is 192 Å². The van der Waals surface area contributed by atoms with Crippen molar-refractivity contribution in [1.29, 1.82) is 0 Å². The van der Waals surface area contributed by atoms with Gasteiger partial charge in [-0.15, -0.1) is 0 Å². The van der Waals surface area contributed by atoms with Gasteiger partial charge in [0.2, 0.25) is 0 Å². The van der Waals surface area contributed by atoms with Crippen LogP contribution in [0.2, 0.25) is 0 Å². The Morgan fingerprint density at radius 2 is 1.55 bits per heavy atom. The Kier molecular flexibility index (Phi) is 5.77. The number of hydrogen-bond acceptors (Lipinski definition) is 4. The predicted octanol–water partition coefficient (Wildman–Crippen LogP) is 6.03. The highest BCUT2D eigenvalue weighted by Crippen LogP contribution is 2.32. The molecular formula is C28H25N3O2. The second-order valence-corrected chi connectivity index (χ2v) is 7.90. The number of nitrogens with zero attached hydrogens (tertiary/aromatic N) is 2. The summed E-state index contributed by atoms with van der Waals surface area (Å²) in [4.78, 5) is 17.8. The van der Waals surface area contributed by atoms with Gasteiger partial charge in [0.05, 0.1) is 12.1 Å². The number of carbonyl (C=O) groups excluding carboxylic acids is 1. The number of aromatic nitrogens is 2. The highest BCUT2D eigenvalue weighted by molar-refractivity contribution is 6.10. The molecule has 0 saturated carbocycles. The third kappa shape index (κ3) is 4.17. The molecule has 5 heteroatoms. The van der Waals surface area contributed by atoms with Gasteiger partial charge in [0.25, 0.3) is 0 Å². The summed E-state index contributed by atoms with van der Waals surface area (Å²) in [7, 11) is 0. The lowest BCUT2D eigenvalue weighted by Crippen LogP contribution is -2.12. The fourth-order valence-electron chi connectivity index (χ4n) is 4.17. The number of para-hydroxylation sites is 1. The molecule has 0 radical (unpaired) electrons. The Morgan fingerprint density at radius 1 is 0.879 bits per heavy atom. The molecule has 1 N–H and O–H groups in total. The van der Waals surface area contributed by atoms with Gasteiger partial charge in [-0.1, -0.05) is 78.9 Å². The van der Waals surface area contributed by atoms with Crippen LogP contribution in [0.1, 0.15) is 28.4 Å². The Balaban J connectivity index is 1.67. The number of benzene rings is 3. The minimum atomic E-state index is -0.373. The first-order chi connectivity index (χ1) is 16.2. The standard InChI is InChI=1S/C28H25N3O2/c1-2-33-28(32)24-17-23-22-15-9-10-16-25(22)31(19-21-13-7-4-8-14-21)27(23)30-26(24)29-18-20-11-5-3-6-12-20/h3-17H,2,18-19H2,1H3,(H,29,30). The number of ether oxygens (including phenoxy) is 1. The van der Waals surface area contributed by atoms with Crippen LogP contribution in [0.5, 0.6) is 0 Å². The van der Waals surface area contributed by atoms with E-state index in [0.717, 1.165) is 27.5 Å². The summed E-state index contributed by atoms with van der Waals surface area (Å²) >= 11 is 0. The summed E-state index contributed by atoms with van der Waals surface area (Å²) < 4.78 is 7.57. The summed E-state index contributed by atoms with van der Waals surface area (Å²) in [5.74, 6) is 0.157. The van der Waals surface area contributed by atoms with Gasteiger partial charge in [-0.3, -0.25) is 0 Å². The zero-order chi connectivity index (χ0) is 22.6. The van der Waals surface area contributed by atoms with E-state index in [0.29, 0.717) is 31.1 Å². The van der Waals surface area contributed by atoms with Gasteiger partial charge >= 0.3 is 5.97 Å². The topological polar surface area (TPSA) is 56.2 Å². The Hall–Kier alpha value is -4.12. The molecule has 0 amide bonds. The van der Waals surface area contributed by atoms with Crippen molar-refractivity contribution in [3.8, 4) is 0 Å². The molecule has 5 aromatic rings. The Bertz CT molecular complexity index is 1410. The van der Waals surface area contributed by atoms with Crippen LogP contribution >= 0.6 is 0 Å². The highest BCUT2D eigenvalue weighted by Gasteiger charge is 2.20. The molecular weight excluding hydrogens is 410 g/mol. The van der Waals surface area contributed by atoms with E-state index in [2.05, 4.69) is 34.1 Å². The molecule has 2 aromatic heterocycles. The molecule has 0 atom stereocenters. The lowest BCUT2D eigenvalue weighted by atomic mass is 10.1.